The summed E-state index contributed by atoms with van der Waals surface area (Å²) in [6.45, 7) is 6.16. The lowest BCUT2D eigenvalue weighted by Gasteiger charge is -2.06. The molecule has 2 rings (SSSR count). The van der Waals surface area contributed by atoms with E-state index >= 15 is 0 Å². The molecule has 0 spiro atoms. The number of rotatable bonds is 4. The summed E-state index contributed by atoms with van der Waals surface area (Å²) >= 11 is 0. The van der Waals surface area contributed by atoms with Gasteiger partial charge < -0.3 is 0 Å². The van der Waals surface area contributed by atoms with Crippen LogP contribution < -0.4 is 0 Å². The highest BCUT2D eigenvalue weighted by molar-refractivity contribution is 5.96. The van der Waals surface area contributed by atoms with Crippen molar-refractivity contribution in [1.29, 1.82) is 0 Å². The molecule has 98 valence electrons. The number of ketones is 1. The molecule has 0 fully saturated rings. The summed E-state index contributed by atoms with van der Waals surface area (Å²) in [4.78, 5) is 12.2. The molecule has 0 aromatic heterocycles. The maximum atomic E-state index is 12.2. The lowest BCUT2D eigenvalue weighted by molar-refractivity contribution is 0.0982. The first-order chi connectivity index (χ1) is 9.06. The van der Waals surface area contributed by atoms with Gasteiger partial charge in [-0.15, -0.1) is 0 Å². The van der Waals surface area contributed by atoms with Gasteiger partial charge in [-0.3, -0.25) is 4.79 Å². The smallest absolute Gasteiger partial charge is 0.163 e. The van der Waals surface area contributed by atoms with Crippen molar-refractivity contribution in [3.63, 3.8) is 0 Å². The van der Waals surface area contributed by atoms with Crippen molar-refractivity contribution in [1.82, 2.24) is 0 Å². The van der Waals surface area contributed by atoms with Crippen molar-refractivity contribution in [2.75, 3.05) is 0 Å². The van der Waals surface area contributed by atoms with Gasteiger partial charge in [0.1, 0.15) is 0 Å². The quantitative estimate of drug-likeness (QED) is 0.736. The molecule has 0 aliphatic rings. The van der Waals surface area contributed by atoms with Crippen molar-refractivity contribution in [2.45, 2.75) is 33.6 Å². The number of hydrogen-bond acceptors (Lipinski definition) is 1. The predicted octanol–water partition coefficient (Wildman–Crippen LogP) is 4.43. The van der Waals surface area contributed by atoms with Crippen LogP contribution in [0.5, 0.6) is 0 Å². The van der Waals surface area contributed by atoms with Gasteiger partial charge in [-0.25, -0.2) is 0 Å². The van der Waals surface area contributed by atoms with E-state index in [1.165, 1.54) is 11.1 Å². The third kappa shape index (κ3) is 3.54. The molecule has 19 heavy (non-hydrogen) atoms. The fourth-order valence-corrected chi connectivity index (χ4v) is 2.42. The molecule has 0 aliphatic carbocycles. The monoisotopic (exact) mass is 252 g/mol. The Hall–Kier alpha value is -1.89. The fourth-order valence-electron chi connectivity index (χ4n) is 2.42. The van der Waals surface area contributed by atoms with Crippen LogP contribution in [0.15, 0.2) is 42.5 Å². The van der Waals surface area contributed by atoms with Gasteiger partial charge in [0.15, 0.2) is 5.78 Å². The van der Waals surface area contributed by atoms with E-state index in [1.807, 2.05) is 38.1 Å². The molecule has 0 radical (unpaired) electrons. The zero-order valence-electron chi connectivity index (χ0n) is 11.9. The Balaban J connectivity index is 2.08. The normalized spacial score (nSPS) is 10.5. The van der Waals surface area contributed by atoms with Crippen LogP contribution in [-0.4, -0.2) is 5.78 Å². The number of aryl methyl sites for hydroxylation is 4. The zero-order valence-corrected chi connectivity index (χ0v) is 11.9. The van der Waals surface area contributed by atoms with Crippen LogP contribution in [0.25, 0.3) is 0 Å². The van der Waals surface area contributed by atoms with E-state index in [0.29, 0.717) is 6.42 Å². The molecule has 0 atom stereocenters. The van der Waals surface area contributed by atoms with E-state index in [4.69, 9.17) is 0 Å². The Morgan fingerprint density at radius 1 is 0.947 bits per heavy atom. The lowest BCUT2D eigenvalue weighted by Crippen LogP contribution is -2.03. The summed E-state index contributed by atoms with van der Waals surface area (Å²) < 4.78 is 0. The second-order valence-corrected chi connectivity index (χ2v) is 5.23. The minimum atomic E-state index is 0.232. The maximum Gasteiger partial charge on any atom is 0.163 e. The van der Waals surface area contributed by atoms with Gasteiger partial charge in [-0.05, 0) is 50.5 Å². The third-order valence-electron chi connectivity index (χ3n) is 3.43. The standard InChI is InChI=1S/C18H20O/c1-13-10-14(2)12-17(11-13)18(19)9-8-16-7-5-4-6-15(16)3/h4-7,10-12H,8-9H2,1-3H3. The van der Waals surface area contributed by atoms with E-state index in [-0.39, 0.29) is 5.78 Å². The Labute approximate surface area is 115 Å². The summed E-state index contributed by atoms with van der Waals surface area (Å²) in [5.74, 6) is 0.232. The van der Waals surface area contributed by atoms with Crippen LogP contribution in [0, 0.1) is 20.8 Å². The van der Waals surface area contributed by atoms with E-state index < -0.39 is 0 Å². The van der Waals surface area contributed by atoms with Crippen LogP contribution in [-0.2, 0) is 6.42 Å². The fraction of sp³-hybridized carbons (Fsp3) is 0.278. The van der Waals surface area contributed by atoms with Gasteiger partial charge in [0.25, 0.3) is 0 Å². The topological polar surface area (TPSA) is 17.1 Å². The lowest BCUT2D eigenvalue weighted by atomic mass is 9.98. The summed E-state index contributed by atoms with van der Waals surface area (Å²) in [5.41, 5.74) is 5.67. The highest BCUT2D eigenvalue weighted by Gasteiger charge is 2.08. The SMILES string of the molecule is Cc1cc(C)cc(C(=O)CCc2ccccc2C)c1. The average molecular weight is 252 g/mol. The van der Waals surface area contributed by atoms with Crippen molar-refractivity contribution < 1.29 is 4.79 Å². The molecule has 0 amide bonds. The number of benzene rings is 2. The summed E-state index contributed by atoms with van der Waals surface area (Å²) in [5, 5.41) is 0. The van der Waals surface area contributed by atoms with Crippen molar-refractivity contribution in [2.24, 2.45) is 0 Å². The summed E-state index contributed by atoms with van der Waals surface area (Å²) in [6.07, 6.45) is 1.40. The minimum Gasteiger partial charge on any atom is -0.294 e. The van der Waals surface area contributed by atoms with Crippen molar-refractivity contribution >= 4 is 5.78 Å². The highest BCUT2D eigenvalue weighted by atomic mass is 16.1. The first kappa shape index (κ1) is 13.5. The molecule has 0 N–H and O–H groups in total. The van der Waals surface area contributed by atoms with Crippen LogP contribution in [0.4, 0.5) is 0 Å². The largest absolute Gasteiger partial charge is 0.294 e. The number of hydrogen-bond donors (Lipinski definition) is 0. The van der Waals surface area contributed by atoms with Crippen LogP contribution in [0.3, 0.4) is 0 Å². The Morgan fingerprint density at radius 3 is 2.21 bits per heavy atom. The van der Waals surface area contributed by atoms with Gasteiger partial charge in [0.05, 0.1) is 0 Å². The molecule has 0 heterocycles. The second kappa shape index (κ2) is 5.83. The van der Waals surface area contributed by atoms with E-state index in [9.17, 15) is 4.79 Å². The molecule has 1 heteroatoms. The molecule has 0 saturated heterocycles. The molecule has 1 nitrogen and oxygen atoms in total. The molecular formula is C18H20O. The molecular weight excluding hydrogens is 232 g/mol. The molecule has 2 aromatic carbocycles. The Bertz CT molecular complexity index is 576. The van der Waals surface area contributed by atoms with Crippen LogP contribution >= 0.6 is 0 Å². The number of carbonyl (C=O) groups excluding carboxylic acids is 1. The molecule has 2 aromatic rings. The molecule has 0 unspecified atom stereocenters. The van der Waals surface area contributed by atoms with E-state index in [0.717, 1.165) is 23.1 Å². The van der Waals surface area contributed by atoms with Crippen molar-refractivity contribution in [3.8, 4) is 0 Å². The Kier molecular flexibility index (Phi) is 4.16. The minimum absolute atomic E-state index is 0.232. The van der Waals surface area contributed by atoms with Crippen LogP contribution in [0.1, 0.15) is 39.0 Å². The molecule has 0 saturated carbocycles. The van der Waals surface area contributed by atoms with Gasteiger partial charge in [-0.2, -0.15) is 0 Å². The first-order valence-electron chi connectivity index (χ1n) is 6.72. The number of Topliss-reactive ketones (excluding diaryl/α,β-unsaturated/α-hetero) is 1. The Morgan fingerprint density at radius 2 is 1.58 bits per heavy atom. The van der Waals surface area contributed by atoms with Gasteiger partial charge in [-0.1, -0.05) is 41.5 Å². The van der Waals surface area contributed by atoms with Crippen LogP contribution in [0.2, 0.25) is 0 Å². The highest BCUT2D eigenvalue weighted by Crippen LogP contribution is 2.14. The first-order valence-corrected chi connectivity index (χ1v) is 6.72. The third-order valence-corrected chi connectivity index (χ3v) is 3.43. The summed E-state index contributed by atoms with van der Waals surface area (Å²) in [7, 11) is 0. The van der Waals surface area contributed by atoms with Crippen molar-refractivity contribution in [3.05, 3.63) is 70.3 Å². The predicted molar refractivity (Wildman–Crippen MR) is 79.7 cm³/mol. The van der Waals surface area contributed by atoms with E-state index in [2.05, 4.69) is 25.1 Å². The maximum absolute atomic E-state index is 12.2. The second-order valence-electron chi connectivity index (χ2n) is 5.23. The van der Waals surface area contributed by atoms with Gasteiger partial charge in [0, 0.05) is 12.0 Å². The van der Waals surface area contributed by atoms with E-state index in [1.54, 1.807) is 0 Å². The average Bonchev–Trinajstić information content (AvgIpc) is 2.36. The zero-order chi connectivity index (χ0) is 13.8. The number of carbonyl (C=O) groups is 1. The molecule has 0 aliphatic heterocycles. The summed E-state index contributed by atoms with van der Waals surface area (Å²) in [6, 6.07) is 14.3. The van der Waals surface area contributed by atoms with Gasteiger partial charge in [0.2, 0.25) is 0 Å². The van der Waals surface area contributed by atoms with Gasteiger partial charge >= 0.3 is 0 Å². The molecule has 0 bridgehead atoms.